The molecule has 2 aromatic heterocycles. The van der Waals surface area contributed by atoms with Crippen LogP contribution in [-0.2, 0) is 0 Å². The summed E-state index contributed by atoms with van der Waals surface area (Å²) in [5.74, 6) is -0.216. The Morgan fingerprint density at radius 2 is 1.91 bits per heavy atom. The van der Waals surface area contributed by atoms with Gasteiger partial charge in [-0.1, -0.05) is 29.8 Å². The molecule has 0 radical (unpaired) electrons. The van der Waals surface area contributed by atoms with Crippen molar-refractivity contribution in [1.29, 1.82) is 5.26 Å². The zero-order valence-electron chi connectivity index (χ0n) is 13.4. The number of aromatic nitrogens is 2. The Morgan fingerprint density at radius 3 is 2.59 bits per heavy atom. The molecule has 110 valence electrons. The van der Waals surface area contributed by atoms with Gasteiger partial charge in [-0.2, -0.15) is 5.26 Å². The molecule has 0 bridgehead atoms. The van der Waals surface area contributed by atoms with Crippen molar-refractivity contribution in [3.63, 3.8) is 0 Å². The summed E-state index contributed by atoms with van der Waals surface area (Å²) in [6.45, 7) is 8.17. The molecule has 0 spiro atoms. The van der Waals surface area contributed by atoms with Crippen molar-refractivity contribution in [2.45, 2.75) is 33.6 Å². The van der Waals surface area contributed by atoms with Gasteiger partial charge in [0.15, 0.2) is 0 Å². The van der Waals surface area contributed by atoms with Gasteiger partial charge in [-0.05, 0) is 45.4 Å². The van der Waals surface area contributed by atoms with E-state index in [0.717, 1.165) is 28.3 Å². The van der Waals surface area contributed by atoms with Crippen molar-refractivity contribution in [2.24, 2.45) is 0 Å². The molecule has 0 aliphatic heterocycles. The van der Waals surface area contributed by atoms with E-state index in [4.69, 9.17) is 4.98 Å². The van der Waals surface area contributed by atoms with Gasteiger partial charge in [0.1, 0.15) is 5.65 Å². The Labute approximate surface area is 130 Å². The summed E-state index contributed by atoms with van der Waals surface area (Å²) in [6.07, 6.45) is 0. The highest BCUT2D eigenvalue weighted by atomic mass is 15.0. The van der Waals surface area contributed by atoms with Crippen LogP contribution < -0.4 is 0 Å². The molecule has 0 aliphatic carbocycles. The first kappa shape index (κ1) is 14.3. The quantitative estimate of drug-likeness (QED) is 0.694. The van der Waals surface area contributed by atoms with E-state index in [0.29, 0.717) is 0 Å². The van der Waals surface area contributed by atoms with Gasteiger partial charge < -0.3 is 0 Å². The molecule has 3 heteroatoms. The van der Waals surface area contributed by atoms with Crippen molar-refractivity contribution < 1.29 is 0 Å². The Morgan fingerprint density at radius 1 is 1.14 bits per heavy atom. The zero-order valence-corrected chi connectivity index (χ0v) is 13.4. The number of hydrogen-bond acceptors (Lipinski definition) is 2. The number of nitrogens with zero attached hydrogens (tertiary/aromatic N) is 3. The SMILES string of the molecule is Cc1ccc(-c2nc3cccc(C)n3c2C(C)C#N)c(C)c1. The standard InChI is InChI=1S/C19H19N3/c1-12-8-9-16(13(2)10-12)18-19(14(3)11-20)22-15(4)6-5-7-17(22)21-18/h5-10,14H,1-4H3. The topological polar surface area (TPSA) is 41.1 Å². The fourth-order valence-electron chi connectivity index (χ4n) is 3.02. The van der Waals surface area contributed by atoms with Crippen LogP contribution in [0.4, 0.5) is 0 Å². The maximum Gasteiger partial charge on any atom is 0.137 e. The molecule has 3 nitrogen and oxygen atoms in total. The monoisotopic (exact) mass is 289 g/mol. The van der Waals surface area contributed by atoms with Gasteiger partial charge in [-0.3, -0.25) is 4.40 Å². The Balaban J connectivity index is 2.39. The van der Waals surface area contributed by atoms with E-state index < -0.39 is 0 Å². The number of imidazole rings is 1. The predicted molar refractivity (Wildman–Crippen MR) is 88.9 cm³/mol. The minimum absolute atomic E-state index is 0.216. The highest BCUT2D eigenvalue weighted by Crippen LogP contribution is 2.32. The van der Waals surface area contributed by atoms with Gasteiger partial charge in [-0.25, -0.2) is 4.98 Å². The molecule has 22 heavy (non-hydrogen) atoms. The van der Waals surface area contributed by atoms with Gasteiger partial charge in [0.25, 0.3) is 0 Å². The highest BCUT2D eigenvalue weighted by Gasteiger charge is 2.21. The van der Waals surface area contributed by atoms with Crippen LogP contribution in [0.5, 0.6) is 0 Å². The third-order valence-corrected chi connectivity index (χ3v) is 4.12. The summed E-state index contributed by atoms with van der Waals surface area (Å²) in [6, 6.07) is 14.8. The minimum Gasteiger partial charge on any atom is -0.299 e. The van der Waals surface area contributed by atoms with Gasteiger partial charge in [0.2, 0.25) is 0 Å². The van der Waals surface area contributed by atoms with Crippen LogP contribution in [0.3, 0.4) is 0 Å². The second-order valence-corrected chi connectivity index (χ2v) is 5.88. The molecule has 1 aromatic carbocycles. The molecule has 1 atom stereocenters. The fraction of sp³-hybridized carbons (Fsp3) is 0.263. The van der Waals surface area contributed by atoms with E-state index in [9.17, 15) is 5.26 Å². The first-order valence-corrected chi connectivity index (χ1v) is 7.48. The zero-order chi connectivity index (χ0) is 15.9. The largest absolute Gasteiger partial charge is 0.299 e. The van der Waals surface area contributed by atoms with Crippen LogP contribution in [-0.4, -0.2) is 9.38 Å². The van der Waals surface area contributed by atoms with Crippen LogP contribution in [0, 0.1) is 32.1 Å². The van der Waals surface area contributed by atoms with Crippen LogP contribution >= 0.6 is 0 Å². The Hall–Kier alpha value is -2.60. The van der Waals surface area contributed by atoms with Crippen LogP contribution in [0.2, 0.25) is 0 Å². The molecule has 3 aromatic rings. The number of nitriles is 1. The van der Waals surface area contributed by atoms with Crippen LogP contribution in [0.1, 0.15) is 35.4 Å². The van der Waals surface area contributed by atoms with Crippen molar-refractivity contribution in [1.82, 2.24) is 9.38 Å². The fourth-order valence-corrected chi connectivity index (χ4v) is 3.02. The lowest BCUT2D eigenvalue weighted by Crippen LogP contribution is -2.01. The summed E-state index contributed by atoms with van der Waals surface area (Å²) >= 11 is 0. The molecule has 0 N–H and O–H groups in total. The predicted octanol–water partition coefficient (Wildman–Crippen LogP) is 4.55. The summed E-state index contributed by atoms with van der Waals surface area (Å²) < 4.78 is 2.10. The van der Waals surface area contributed by atoms with Gasteiger partial charge in [-0.15, -0.1) is 0 Å². The lowest BCUT2D eigenvalue weighted by Gasteiger charge is -2.11. The highest BCUT2D eigenvalue weighted by molar-refractivity contribution is 5.71. The third-order valence-electron chi connectivity index (χ3n) is 4.12. The third kappa shape index (κ3) is 2.17. The van der Waals surface area contributed by atoms with Crippen molar-refractivity contribution in [3.8, 4) is 17.3 Å². The van der Waals surface area contributed by atoms with Crippen molar-refractivity contribution >= 4 is 5.65 Å². The van der Waals surface area contributed by atoms with E-state index in [1.165, 1.54) is 11.1 Å². The molecule has 0 fully saturated rings. The maximum atomic E-state index is 9.45. The molecule has 2 heterocycles. The van der Waals surface area contributed by atoms with Crippen molar-refractivity contribution in [3.05, 3.63) is 58.9 Å². The first-order chi connectivity index (χ1) is 10.5. The second kappa shape index (κ2) is 5.31. The molecular formula is C19H19N3. The smallest absolute Gasteiger partial charge is 0.137 e. The van der Waals surface area contributed by atoms with E-state index >= 15 is 0 Å². The maximum absolute atomic E-state index is 9.45. The molecule has 3 rings (SSSR count). The molecule has 1 unspecified atom stereocenters. The average Bonchev–Trinajstić information content (AvgIpc) is 2.87. The van der Waals surface area contributed by atoms with Gasteiger partial charge >= 0.3 is 0 Å². The molecule has 0 saturated heterocycles. The molecule has 0 amide bonds. The summed E-state index contributed by atoms with van der Waals surface area (Å²) in [5, 5.41) is 9.45. The molecular weight excluding hydrogens is 270 g/mol. The van der Waals surface area contributed by atoms with Crippen LogP contribution in [0.25, 0.3) is 16.9 Å². The number of benzene rings is 1. The Bertz CT molecular complexity index is 897. The van der Waals surface area contributed by atoms with Crippen molar-refractivity contribution in [2.75, 3.05) is 0 Å². The van der Waals surface area contributed by atoms with Gasteiger partial charge in [0.05, 0.1) is 23.4 Å². The number of aryl methyl sites for hydroxylation is 3. The van der Waals surface area contributed by atoms with E-state index in [1.807, 2.05) is 32.0 Å². The summed E-state index contributed by atoms with van der Waals surface area (Å²) in [7, 11) is 0. The number of fused-ring (bicyclic) bond motifs is 1. The Kier molecular flexibility index (Phi) is 3.46. The number of rotatable bonds is 2. The summed E-state index contributed by atoms with van der Waals surface area (Å²) in [4.78, 5) is 4.82. The van der Waals surface area contributed by atoms with E-state index in [1.54, 1.807) is 0 Å². The molecule has 0 saturated carbocycles. The lowest BCUT2D eigenvalue weighted by molar-refractivity contribution is 0.882. The molecule has 0 aliphatic rings. The minimum atomic E-state index is -0.216. The summed E-state index contributed by atoms with van der Waals surface area (Å²) in [5.41, 5.74) is 7.41. The number of hydrogen-bond donors (Lipinski definition) is 0. The first-order valence-electron chi connectivity index (χ1n) is 7.48. The van der Waals surface area contributed by atoms with Crippen LogP contribution in [0.15, 0.2) is 36.4 Å². The van der Waals surface area contributed by atoms with Gasteiger partial charge in [0, 0.05) is 11.3 Å². The average molecular weight is 289 g/mol. The normalized spacial score (nSPS) is 12.3. The second-order valence-electron chi connectivity index (χ2n) is 5.88. The lowest BCUT2D eigenvalue weighted by atomic mass is 9.98. The van der Waals surface area contributed by atoms with E-state index in [-0.39, 0.29) is 5.92 Å². The van der Waals surface area contributed by atoms with E-state index in [2.05, 4.69) is 42.5 Å². The number of pyridine rings is 1.